The molecule has 0 bridgehead atoms. The summed E-state index contributed by atoms with van der Waals surface area (Å²) >= 11 is 6.47. The van der Waals surface area contributed by atoms with E-state index in [4.69, 9.17) is 26.8 Å². The van der Waals surface area contributed by atoms with Gasteiger partial charge in [0, 0.05) is 18.5 Å². The number of carboxylic acids is 1. The smallest absolute Gasteiger partial charge is 0.303 e. The first-order valence-corrected chi connectivity index (χ1v) is 9.55. The van der Waals surface area contributed by atoms with Gasteiger partial charge in [-0.1, -0.05) is 24.0 Å². The summed E-state index contributed by atoms with van der Waals surface area (Å²) in [4.78, 5) is 25.2. The Morgan fingerprint density at radius 2 is 2.04 bits per heavy atom. The molecule has 2 rings (SSSR count). The average molecular weight is 396 g/mol. The molecule has 1 amide bonds. The number of hydrogen-bond donors (Lipinski definition) is 1. The first-order chi connectivity index (χ1) is 12.5. The maximum absolute atomic E-state index is 12.6. The number of hydrogen-bond acceptors (Lipinski definition) is 6. The van der Waals surface area contributed by atoms with Crippen LogP contribution in [0.5, 0.6) is 11.5 Å². The van der Waals surface area contributed by atoms with E-state index in [1.54, 1.807) is 6.08 Å². The molecule has 1 aliphatic rings. The first-order valence-electron chi connectivity index (χ1n) is 8.33. The topological polar surface area (TPSA) is 76.1 Å². The molecule has 1 aromatic carbocycles. The van der Waals surface area contributed by atoms with Crippen molar-refractivity contribution in [2.45, 2.75) is 26.7 Å². The highest BCUT2D eigenvalue weighted by molar-refractivity contribution is 8.26. The molecule has 140 valence electrons. The van der Waals surface area contributed by atoms with Gasteiger partial charge in [-0.15, -0.1) is 0 Å². The number of ether oxygens (including phenoxy) is 2. The number of aliphatic carboxylic acids is 1. The Labute approximate surface area is 162 Å². The van der Waals surface area contributed by atoms with Crippen molar-refractivity contribution >= 4 is 46.3 Å². The van der Waals surface area contributed by atoms with Crippen LogP contribution in [0.3, 0.4) is 0 Å². The van der Waals surface area contributed by atoms with Crippen LogP contribution in [0, 0.1) is 0 Å². The van der Waals surface area contributed by atoms with E-state index in [9.17, 15) is 9.59 Å². The third kappa shape index (κ3) is 5.22. The molecule has 1 heterocycles. The van der Waals surface area contributed by atoms with Crippen LogP contribution in [0.15, 0.2) is 23.1 Å². The van der Waals surface area contributed by atoms with Crippen LogP contribution in [-0.2, 0) is 9.59 Å². The predicted molar refractivity (Wildman–Crippen MR) is 106 cm³/mol. The van der Waals surface area contributed by atoms with E-state index in [0.717, 1.165) is 5.56 Å². The molecule has 0 aromatic heterocycles. The highest BCUT2D eigenvalue weighted by atomic mass is 32.2. The quantitative estimate of drug-likeness (QED) is 0.506. The number of rotatable bonds is 9. The zero-order valence-electron chi connectivity index (χ0n) is 14.7. The minimum absolute atomic E-state index is 0.000990. The molecule has 1 aliphatic heterocycles. The molecule has 0 radical (unpaired) electrons. The summed E-state index contributed by atoms with van der Waals surface area (Å²) < 4.78 is 11.6. The molecule has 0 atom stereocenters. The number of amides is 1. The van der Waals surface area contributed by atoms with Crippen molar-refractivity contribution in [3.8, 4) is 11.5 Å². The molecule has 6 nitrogen and oxygen atoms in total. The molecule has 0 saturated carbocycles. The van der Waals surface area contributed by atoms with Gasteiger partial charge in [-0.05, 0) is 44.5 Å². The fraction of sp³-hybridized carbons (Fsp3) is 0.389. The van der Waals surface area contributed by atoms with Crippen LogP contribution >= 0.6 is 24.0 Å². The van der Waals surface area contributed by atoms with Crippen molar-refractivity contribution < 1.29 is 24.2 Å². The number of nitrogens with zero attached hydrogens (tertiary/aromatic N) is 1. The molecule has 26 heavy (non-hydrogen) atoms. The molecule has 0 unspecified atom stereocenters. The van der Waals surface area contributed by atoms with E-state index in [-0.39, 0.29) is 12.3 Å². The Balaban J connectivity index is 2.22. The maximum Gasteiger partial charge on any atom is 0.303 e. The molecular weight excluding hydrogens is 374 g/mol. The second-order valence-corrected chi connectivity index (χ2v) is 7.07. The summed E-state index contributed by atoms with van der Waals surface area (Å²) in [5.74, 6) is 0.251. The summed E-state index contributed by atoms with van der Waals surface area (Å²) in [6, 6.07) is 5.46. The van der Waals surface area contributed by atoms with Gasteiger partial charge in [0.05, 0.1) is 18.1 Å². The summed E-state index contributed by atoms with van der Waals surface area (Å²) in [6.07, 6.45) is 2.10. The van der Waals surface area contributed by atoms with Crippen molar-refractivity contribution in [3.63, 3.8) is 0 Å². The molecular formula is C18H21NO5S2. The van der Waals surface area contributed by atoms with Gasteiger partial charge in [-0.2, -0.15) is 0 Å². The van der Waals surface area contributed by atoms with Gasteiger partial charge in [0.2, 0.25) is 0 Å². The van der Waals surface area contributed by atoms with E-state index < -0.39 is 5.97 Å². The van der Waals surface area contributed by atoms with Crippen LogP contribution in [0.1, 0.15) is 32.3 Å². The van der Waals surface area contributed by atoms with Gasteiger partial charge < -0.3 is 14.6 Å². The first kappa shape index (κ1) is 20.3. The van der Waals surface area contributed by atoms with Crippen LogP contribution < -0.4 is 9.47 Å². The molecule has 1 N–H and O–H groups in total. The summed E-state index contributed by atoms with van der Waals surface area (Å²) in [7, 11) is 0. The molecule has 1 aromatic rings. The van der Waals surface area contributed by atoms with Gasteiger partial charge in [-0.25, -0.2) is 0 Å². The van der Waals surface area contributed by atoms with Gasteiger partial charge in [-0.3, -0.25) is 14.5 Å². The number of benzene rings is 1. The van der Waals surface area contributed by atoms with Crippen molar-refractivity contribution in [1.82, 2.24) is 4.90 Å². The van der Waals surface area contributed by atoms with Gasteiger partial charge in [0.1, 0.15) is 15.8 Å². The standard InChI is InChI=1S/C18H21NO5S2/c1-3-23-13-7-8-14(24-4-2)12(10-13)11-15-17(22)19(18(25)26-15)9-5-6-16(20)21/h7-8,10-11H,3-6,9H2,1-2H3,(H,20,21). The van der Waals surface area contributed by atoms with E-state index in [2.05, 4.69) is 0 Å². The molecule has 0 spiro atoms. The zero-order chi connectivity index (χ0) is 19.1. The van der Waals surface area contributed by atoms with Crippen molar-refractivity contribution in [3.05, 3.63) is 28.7 Å². The van der Waals surface area contributed by atoms with E-state index >= 15 is 0 Å². The van der Waals surface area contributed by atoms with Crippen LogP contribution in [-0.4, -0.2) is 46.0 Å². The Morgan fingerprint density at radius 3 is 2.69 bits per heavy atom. The Bertz CT molecular complexity index is 732. The van der Waals surface area contributed by atoms with Crippen LogP contribution in [0.2, 0.25) is 0 Å². The van der Waals surface area contributed by atoms with Crippen molar-refractivity contribution in [2.75, 3.05) is 19.8 Å². The molecule has 0 aliphatic carbocycles. The van der Waals surface area contributed by atoms with E-state index in [1.807, 2.05) is 32.0 Å². The van der Waals surface area contributed by atoms with Crippen molar-refractivity contribution in [2.24, 2.45) is 0 Å². The lowest BCUT2D eigenvalue weighted by Gasteiger charge is -2.13. The summed E-state index contributed by atoms with van der Waals surface area (Å²) in [6.45, 7) is 5.14. The molecule has 1 saturated heterocycles. The van der Waals surface area contributed by atoms with Crippen LogP contribution in [0.25, 0.3) is 6.08 Å². The number of thioether (sulfide) groups is 1. The Hall–Kier alpha value is -2.06. The van der Waals surface area contributed by atoms with Crippen LogP contribution in [0.4, 0.5) is 0 Å². The Morgan fingerprint density at radius 1 is 1.31 bits per heavy atom. The van der Waals surface area contributed by atoms with Gasteiger partial charge >= 0.3 is 5.97 Å². The lowest BCUT2D eigenvalue weighted by atomic mass is 10.1. The average Bonchev–Trinajstić information content (AvgIpc) is 2.85. The molecule has 8 heteroatoms. The second-order valence-electron chi connectivity index (χ2n) is 5.40. The minimum atomic E-state index is -0.889. The number of carbonyl (C=O) groups is 2. The largest absolute Gasteiger partial charge is 0.494 e. The predicted octanol–water partition coefficient (Wildman–Crippen LogP) is 3.55. The normalized spacial score (nSPS) is 15.6. The number of carbonyl (C=O) groups excluding carboxylic acids is 1. The third-order valence-corrected chi connectivity index (χ3v) is 4.90. The SMILES string of the molecule is CCOc1ccc(OCC)c(C=C2SC(=S)N(CCCC(=O)O)C2=O)c1. The van der Waals surface area contributed by atoms with Crippen molar-refractivity contribution in [1.29, 1.82) is 0 Å². The fourth-order valence-corrected chi connectivity index (χ4v) is 3.70. The minimum Gasteiger partial charge on any atom is -0.494 e. The van der Waals surface area contributed by atoms with Gasteiger partial charge in [0.25, 0.3) is 5.91 Å². The third-order valence-electron chi connectivity index (χ3n) is 3.52. The number of thiocarbonyl (C=S) groups is 1. The maximum atomic E-state index is 12.6. The zero-order valence-corrected chi connectivity index (χ0v) is 16.3. The molecule has 1 fully saturated rings. The lowest BCUT2D eigenvalue weighted by Crippen LogP contribution is -2.29. The number of carboxylic acid groups (broad SMARTS) is 1. The van der Waals surface area contributed by atoms with Gasteiger partial charge in [0.15, 0.2) is 0 Å². The summed E-state index contributed by atoms with van der Waals surface area (Å²) in [5.41, 5.74) is 0.740. The lowest BCUT2D eigenvalue weighted by molar-refractivity contribution is -0.137. The monoisotopic (exact) mass is 395 g/mol. The van der Waals surface area contributed by atoms with E-state index in [1.165, 1.54) is 16.7 Å². The highest BCUT2D eigenvalue weighted by Gasteiger charge is 2.31. The Kier molecular flexibility index (Phi) is 7.47. The van der Waals surface area contributed by atoms with E-state index in [0.29, 0.717) is 46.9 Å². The summed E-state index contributed by atoms with van der Waals surface area (Å²) in [5, 5.41) is 8.74. The fourth-order valence-electron chi connectivity index (χ4n) is 2.41. The second kappa shape index (κ2) is 9.59. The highest BCUT2D eigenvalue weighted by Crippen LogP contribution is 2.35.